The third-order valence-electron chi connectivity index (χ3n) is 3.98. The zero-order valence-electron chi connectivity index (χ0n) is 13.7. The molecule has 1 aromatic rings. The number of amides is 1. The molecule has 2 rings (SSSR count). The molecule has 1 aliphatic rings. The van der Waals surface area contributed by atoms with Gasteiger partial charge >= 0.3 is 5.97 Å². The van der Waals surface area contributed by atoms with Crippen LogP contribution < -0.4 is 0 Å². The number of hydrogen-bond donors (Lipinski definition) is 3. The summed E-state index contributed by atoms with van der Waals surface area (Å²) in [6.45, 7) is 4.46. The van der Waals surface area contributed by atoms with Crippen LogP contribution in [0, 0.1) is 5.92 Å². The van der Waals surface area contributed by atoms with Gasteiger partial charge in [-0.05, 0) is 25.5 Å². The van der Waals surface area contributed by atoms with E-state index in [-0.39, 0.29) is 31.6 Å². The minimum absolute atomic E-state index is 0.176. The fraction of sp³-hybridized carbons (Fsp3) is 0.667. The molecule has 128 valence electrons. The van der Waals surface area contributed by atoms with Gasteiger partial charge < -0.3 is 15.1 Å². The molecule has 0 aromatic carbocycles. The predicted molar refractivity (Wildman–Crippen MR) is 83.1 cm³/mol. The van der Waals surface area contributed by atoms with Gasteiger partial charge in [0.15, 0.2) is 0 Å². The molecule has 0 saturated carbocycles. The van der Waals surface area contributed by atoms with Gasteiger partial charge in [-0.1, -0.05) is 13.8 Å². The summed E-state index contributed by atoms with van der Waals surface area (Å²) in [5, 5.41) is 25.9. The Kier molecular flexibility index (Phi) is 5.38. The van der Waals surface area contributed by atoms with Gasteiger partial charge in [0.1, 0.15) is 5.69 Å². The highest BCUT2D eigenvalue weighted by Gasteiger charge is 2.37. The van der Waals surface area contributed by atoms with Crippen molar-refractivity contribution in [3.63, 3.8) is 0 Å². The van der Waals surface area contributed by atoms with Gasteiger partial charge in [-0.3, -0.25) is 19.6 Å². The number of β-amino-alcohol motifs (C(OH)–C–C–N with tert-alkyl or cyclic N) is 1. The Morgan fingerprint density at radius 3 is 2.78 bits per heavy atom. The summed E-state index contributed by atoms with van der Waals surface area (Å²) in [6.07, 6.45) is 0.0461. The number of nitrogens with zero attached hydrogens (tertiary/aromatic N) is 3. The SMILES string of the molecule is CC(C)Cc1cc(C(=O)N2C[C@@H](O)[C@@H](N(C)CC(=O)O)C2)n[nH]1. The van der Waals surface area contributed by atoms with Crippen LogP contribution in [0.25, 0.3) is 0 Å². The van der Waals surface area contributed by atoms with Crippen LogP contribution in [0.1, 0.15) is 30.0 Å². The molecule has 2 heterocycles. The lowest BCUT2D eigenvalue weighted by Gasteiger charge is -2.24. The molecule has 0 aliphatic carbocycles. The first-order valence-electron chi connectivity index (χ1n) is 7.71. The molecule has 8 nitrogen and oxygen atoms in total. The Morgan fingerprint density at radius 1 is 1.48 bits per heavy atom. The number of nitrogens with one attached hydrogen (secondary N) is 1. The molecule has 1 aromatic heterocycles. The maximum atomic E-state index is 12.5. The van der Waals surface area contributed by atoms with E-state index < -0.39 is 12.1 Å². The summed E-state index contributed by atoms with van der Waals surface area (Å²) in [4.78, 5) is 26.3. The van der Waals surface area contributed by atoms with Crippen LogP contribution in [0.3, 0.4) is 0 Å². The average molecular weight is 324 g/mol. The third-order valence-corrected chi connectivity index (χ3v) is 3.98. The largest absolute Gasteiger partial charge is 0.480 e. The molecule has 0 unspecified atom stereocenters. The molecule has 1 fully saturated rings. The van der Waals surface area contributed by atoms with Gasteiger partial charge in [0.2, 0.25) is 0 Å². The van der Waals surface area contributed by atoms with Crippen molar-refractivity contribution in [1.29, 1.82) is 0 Å². The summed E-state index contributed by atoms with van der Waals surface area (Å²) < 4.78 is 0. The van der Waals surface area contributed by atoms with Gasteiger partial charge in [0, 0.05) is 18.8 Å². The summed E-state index contributed by atoms with van der Waals surface area (Å²) in [5.74, 6) is -0.752. The monoisotopic (exact) mass is 324 g/mol. The number of aliphatic hydroxyl groups is 1. The summed E-state index contributed by atoms with van der Waals surface area (Å²) in [5.41, 5.74) is 1.23. The lowest BCUT2D eigenvalue weighted by Crippen LogP contribution is -2.43. The molecule has 1 saturated heterocycles. The van der Waals surface area contributed by atoms with Crippen LogP contribution in [-0.4, -0.2) is 80.9 Å². The second-order valence-electron chi connectivity index (χ2n) is 6.53. The molecule has 3 N–H and O–H groups in total. The molecule has 0 radical (unpaired) electrons. The van der Waals surface area contributed by atoms with E-state index in [1.807, 2.05) is 0 Å². The highest BCUT2D eigenvalue weighted by molar-refractivity contribution is 5.92. The number of rotatable bonds is 6. The maximum absolute atomic E-state index is 12.5. The molecular formula is C15H24N4O4. The fourth-order valence-electron chi connectivity index (χ4n) is 2.88. The second-order valence-corrected chi connectivity index (χ2v) is 6.53. The molecule has 1 aliphatic heterocycles. The minimum atomic E-state index is -0.963. The van der Waals surface area contributed by atoms with Crippen LogP contribution in [0.2, 0.25) is 0 Å². The Balaban J connectivity index is 2.01. The Morgan fingerprint density at radius 2 is 2.17 bits per heavy atom. The van der Waals surface area contributed by atoms with Gasteiger partial charge in [-0.15, -0.1) is 0 Å². The first kappa shape index (κ1) is 17.4. The first-order chi connectivity index (χ1) is 10.8. The summed E-state index contributed by atoms with van der Waals surface area (Å²) in [6, 6.07) is 1.35. The van der Waals surface area contributed by atoms with E-state index in [1.165, 1.54) is 4.90 Å². The van der Waals surface area contributed by atoms with Gasteiger partial charge in [-0.25, -0.2) is 0 Å². The standard InChI is InChI=1S/C15H24N4O4/c1-9(2)4-10-5-11(17-16-10)15(23)19-6-12(13(20)7-19)18(3)8-14(21)22/h5,9,12-13,20H,4,6-8H2,1-3H3,(H,16,17)(H,21,22)/t12-,13+/m0/s1. The zero-order valence-corrected chi connectivity index (χ0v) is 13.7. The lowest BCUT2D eigenvalue weighted by atomic mass is 10.1. The van der Waals surface area contributed by atoms with Crippen molar-refractivity contribution < 1.29 is 19.8 Å². The van der Waals surface area contributed by atoms with Crippen LogP contribution in [0.5, 0.6) is 0 Å². The van der Waals surface area contributed by atoms with E-state index in [9.17, 15) is 14.7 Å². The number of aromatic amines is 1. The number of H-pyrrole nitrogens is 1. The summed E-state index contributed by atoms with van der Waals surface area (Å²) in [7, 11) is 1.63. The highest BCUT2D eigenvalue weighted by atomic mass is 16.4. The molecule has 0 bridgehead atoms. The van der Waals surface area contributed by atoms with Gasteiger partial charge in [-0.2, -0.15) is 5.10 Å². The number of carbonyl (C=O) groups is 2. The number of carboxylic acids is 1. The molecular weight excluding hydrogens is 300 g/mol. The molecule has 2 atom stereocenters. The van der Waals surface area contributed by atoms with E-state index in [2.05, 4.69) is 24.0 Å². The molecule has 0 spiro atoms. The van der Waals surface area contributed by atoms with Crippen LogP contribution in [-0.2, 0) is 11.2 Å². The maximum Gasteiger partial charge on any atom is 0.317 e. The van der Waals surface area contributed by atoms with E-state index >= 15 is 0 Å². The van der Waals surface area contributed by atoms with Crippen molar-refractivity contribution in [2.24, 2.45) is 5.92 Å². The number of aromatic nitrogens is 2. The topological polar surface area (TPSA) is 110 Å². The number of likely N-dealkylation sites (N-methyl/N-ethyl adjacent to an activating group) is 1. The van der Waals surface area contributed by atoms with Crippen molar-refractivity contribution in [1.82, 2.24) is 20.0 Å². The van der Waals surface area contributed by atoms with Crippen molar-refractivity contribution >= 4 is 11.9 Å². The fourth-order valence-corrected chi connectivity index (χ4v) is 2.88. The summed E-state index contributed by atoms with van der Waals surface area (Å²) >= 11 is 0. The zero-order chi connectivity index (χ0) is 17.1. The normalized spacial score (nSPS) is 21.4. The van der Waals surface area contributed by atoms with Crippen molar-refractivity contribution in [2.45, 2.75) is 32.4 Å². The lowest BCUT2D eigenvalue weighted by molar-refractivity contribution is -0.138. The number of aliphatic hydroxyl groups excluding tert-OH is 1. The van der Waals surface area contributed by atoms with Gasteiger partial charge in [0.05, 0.1) is 18.7 Å². The van der Waals surface area contributed by atoms with Crippen molar-refractivity contribution in [3.05, 3.63) is 17.5 Å². The number of aliphatic carboxylic acids is 1. The number of hydrogen-bond acceptors (Lipinski definition) is 5. The van der Waals surface area contributed by atoms with Crippen molar-refractivity contribution in [3.8, 4) is 0 Å². The number of carboxylic acid groups (broad SMARTS) is 1. The Bertz CT molecular complexity index is 572. The molecule has 1 amide bonds. The van der Waals surface area contributed by atoms with E-state index in [1.54, 1.807) is 18.0 Å². The first-order valence-corrected chi connectivity index (χ1v) is 7.71. The minimum Gasteiger partial charge on any atom is -0.480 e. The highest BCUT2D eigenvalue weighted by Crippen LogP contribution is 2.18. The van der Waals surface area contributed by atoms with Crippen LogP contribution in [0.4, 0.5) is 0 Å². The molecule has 23 heavy (non-hydrogen) atoms. The van der Waals surface area contributed by atoms with Gasteiger partial charge in [0.25, 0.3) is 5.91 Å². The second kappa shape index (κ2) is 7.10. The number of carbonyl (C=O) groups excluding carboxylic acids is 1. The Hall–Kier alpha value is -1.93. The quantitative estimate of drug-likeness (QED) is 0.669. The van der Waals surface area contributed by atoms with Crippen LogP contribution >= 0.6 is 0 Å². The predicted octanol–water partition coefficient (Wildman–Crippen LogP) is -0.190. The van der Waals surface area contributed by atoms with Crippen LogP contribution in [0.15, 0.2) is 6.07 Å². The third kappa shape index (κ3) is 4.29. The molecule has 8 heteroatoms. The van der Waals surface area contributed by atoms with E-state index in [0.29, 0.717) is 11.6 Å². The smallest absolute Gasteiger partial charge is 0.317 e. The van der Waals surface area contributed by atoms with E-state index in [4.69, 9.17) is 5.11 Å². The van der Waals surface area contributed by atoms with Crippen molar-refractivity contribution in [2.75, 3.05) is 26.7 Å². The Labute approximate surface area is 135 Å². The van der Waals surface area contributed by atoms with E-state index in [0.717, 1.165) is 12.1 Å². The average Bonchev–Trinajstić information content (AvgIpc) is 3.03. The number of likely N-dealkylation sites (tertiary alicyclic amines) is 1.